The molecule has 0 amide bonds. The molecular weight excluding hydrogens is 283 g/mol. The van der Waals surface area contributed by atoms with Gasteiger partial charge in [-0.1, -0.05) is 52.1 Å². The normalized spacial score (nSPS) is 30.4. The Kier molecular flexibility index (Phi) is 2.85. The lowest BCUT2D eigenvalue weighted by atomic mass is 9.96. The number of hydrogen-bond donors (Lipinski definition) is 0. The fourth-order valence-electron chi connectivity index (χ4n) is 2.03. The van der Waals surface area contributed by atoms with Gasteiger partial charge in [0.1, 0.15) is 0 Å². The summed E-state index contributed by atoms with van der Waals surface area (Å²) in [4.78, 5) is 0. The highest BCUT2D eigenvalue weighted by Crippen LogP contribution is 2.57. The molecule has 0 radical (unpaired) electrons. The summed E-state index contributed by atoms with van der Waals surface area (Å²) in [6.45, 7) is 2.23. The Hall–Kier alpha value is 0.280. The Bertz CT molecular complexity index is 344. The van der Waals surface area contributed by atoms with Crippen molar-refractivity contribution in [1.29, 1.82) is 0 Å². The molecule has 2 rings (SSSR count). The second kappa shape index (κ2) is 3.70. The molecule has 3 heteroatoms. The quantitative estimate of drug-likeness (QED) is 0.695. The van der Waals surface area contributed by atoms with E-state index in [1.54, 1.807) is 0 Å². The molecule has 14 heavy (non-hydrogen) atoms. The molecule has 1 aromatic rings. The Morgan fingerprint density at radius 2 is 2.00 bits per heavy atom. The summed E-state index contributed by atoms with van der Waals surface area (Å²) in [7, 11) is 0. The lowest BCUT2D eigenvalue weighted by Crippen LogP contribution is -2.06. The molecule has 1 saturated carbocycles. The van der Waals surface area contributed by atoms with Crippen molar-refractivity contribution in [2.45, 2.75) is 18.8 Å². The average molecular weight is 294 g/mol. The average Bonchev–Trinajstić information content (AvgIpc) is 2.77. The molecule has 0 spiro atoms. The van der Waals surface area contributed by atoms with Crippen LogP contribution in [0.4, 0.5) is 0 Å². The van der Waals surface area contributed by atoms with Crippen LogP contribution in [-0.4, -0.2) is 5.33 Å². The number of rotatable bonds is 2. The minimum Gasteiger partial charge on any atom is -0.0925 e. The molecule has 1 aliphatic carbocycles. The molecule has 1 aromatic carbocycles. The molecule has 2 unspecified atom stereocenters. The molecule has 2 atom stereocenters. The first-order valence-electron chi connectivity index (χ1n) is 4.60. The fourth-order valence-corrected chi connectivity index (χ4v) is 3.80. The van der Waals surface area contributed by atoms with Crippen molar-refractivity contribution >= 4 is 39.1 Å². The van der Waals surface area contributed by atoms with Crippen molar-refractivity contribution in [3.63, 3.8) is 0 Å². The van der Waals surface area contributed by atoms with Crippen LogP contribution in [0.3, 0.4) is 0 Å². The van der Waals surface area contributed by atoms with E-state index in [-0.39, 0.29) is 5.41 Å². The maximum absolute atomic E-state index is 6.18. The summed E-state index contributed by atoms with van der Waals surface area (Å²) in [6, 6.07) is 5.72. The third-order valence-electron chi connectivity index (χ3n) is 3.13. The van der Waals surface area contributed by atoms with Gasteiger partial charge < -0.3 is 0 Å². The van der Waals surface area contributed by atoms with E-state index in [0.717, 1.165) is 20.9 Å². The van der Waals surface area contributed by atoms with Crippen molar-refractivity contribution in [2.75, 3.05) is 5.33 Å². The van der Waals surface area contributed by atoms with Crippen molar-refractivity contribution < 1.29 is 0 Å². The van der Waals surface area contributed by atoms with Crippen LogP contribution >= 0.6 is 39.1 Å². The Labute approximate surface area is 103 Å². The van der Waals surface area contributed by atoms with Gasteiger partial charge in [-0.05, 0) is 35.4 Å². The predicted molar refractivity (Wildman–Crippen MR) is 65.7 cm³/mol. The lowest BCUT2D eigenvalue weighted by Gasteiger charge is -2.14. The molecule has 0 aliphatic heterocycles. The SMILES string of the molecule is CC1(c2c(Cl)cccc2Cl)CC1CBr. The first-order chi connectivity index (χ1) is 6.59. The van der Waals surface area contributed by atoms with E-state index in [4.69, 9.17) is 23.2 Å². The van der Waals surface area contributed by atoms with Crippen molar-refractivity contribution in [3.8, 4) is 0 Å². The van der Waals surface area contributed by atoms with Crippen LogP contribution < -0.4 is 0 Å². The predicted octanol–water partition coefficient (Wildman–Crippen LogP) is 4.67. The lowest BCUT2D eigenvalue weighted by molar-refractivity contribution is 0.711. The molecular formula is C11H11BrCl2. The van der Waals surface area contributed by atoms with E-state index >= 15 is 0 Å². The zero-order valence-electron chi connectivity index (χ0n) is 7.86. The fraction of sp³-hybridized carbons (Fsp3) is 0.455. The van der Waals surface area contributed by atoms with Gasteiger partial charge in [0.2, 0.25) is 0 Å². The maximum Gasteiger partial charge on any atom is 0.0458 e. The highest BCUT2D eigenvalue weighted by atomic mass is 79.9. The molecule has 0 nitrogen and oxygen atoms in total. The van der Waals surface area contributed by atoms with Crippen molar-refractivity contribution in [3.05, 3.63) is 33.8 Å². The number of hydrogen-bond acceptors (Lipinski definition) is 0. The van der Waals surface area contributed by atoms with Crippen LogP contribution in [0.5, 0.6) is 0 Å². The number of benzene rings is 1. The van der Waals surface area contributed by atoms with Gasteiger partial charge in [-0.25, -0.2) is 0 Å². The molecule has 0 aromatic heterocycles. The van der Waals surface area contributed by atoms with Gasteiger partial charge >= 0.3 is 0 Å². The van der Waals surface area contributed by atoms with E-state index in [9.17, 15) is 0 Å². The second-order valence-electron chi connectivity index (χ2n) is 4.07. The topological polar surface area (TPSA) is 0 Å². The summed E-state index contributed by atoms with van der Waals surface area (Å²) in [6.07, 6.45) is 1.17. The van der Waals surface area contributed by atoms with Crippen LogP contribution in [0.1, 0.15) is 18.9 Å². The van der Waals surface area contributed by atoms with Gasteiger partial charge in [-0.3, -0.25) is 0 Å². The number of halogens is 3. The summed E-state index contributed by atoms with van der Waals surface area (Å²) in [5.41, 5.74) is 1.30. The molecule has 0 N–H and O–H groups in total. The van der Waals surface area contributed by atoms with Gasteiger partial charge in [0.15, 0.2) is 0 Å². The summed E-state index contributed by atoms with van der Waals surface area (Å²) >= 11 is 15.9. The first-order valence-corrected chi connectivity index (χ1v) is 6.48. The Morgan fingerprint density at radius 3 is 2.43 bits per heavy atom. The third-order valence-corrected chi connectivity index (χ3v) is 4.54. The van der Waals surface area contributed by atoms with Gasteiger partial charge in [0, 0.05) is 15.4 Å². The smallest absolute Gasteiger partial charge is 0.0458 e. The molecule has 1 fully saturated rings. The minimum atomic E-state index is 0.179. The van der Waals surface area contributed by atoms with Gasteiger partial charge in [0.25, 0.3) is 0 Å². The Balaban J connectivity index is 2.43. The summed E-state index contributed by atoms with van der Waals surface area (Å²) in [5.74, 6) is 0.667. The third kappa shape index (κ3) is 1.60. The van der Waals surface area contributed by atoms with Gasteiger partial charge in [-0.15, -0.1) is 0 Å². The minimum absolute atomic E-state index is 0.179. The molecule has 0 heterocycles. The molecule has 0 saturated heterocycles. The standard InChI is InChI=1S/C11H11BrCl2/c1-11(5-7(11)6-12)10-8(13)3-2-4-9(10)14/h2-4,7H,5-6H2,1H3. The zero-order valence-corrected chi connectivity index (χ0v) is 11.0. The Morgan fingerprint density at radius 1 is 1.43 bits per heavy atom. The van der Waals surface area contributed by atoms with E-state index in [2.05, 4.69) is 22.9 Å². The van der Waals surface area contributed by atoms with Gasteiger partial charge in [-0.2, -0.15) is 0 Å². The highest BCUT2D eigenvalue weighted by Gasteiger charge is 2.52. The van der Waals surface area contributed by atoms with Gasteiger partial charge in [0.05, 0.1) is 0 Å². The van der Waals surface area contributed by atoms with Crippen LogP contribution in [0.15, 0.2) is 18.2 Å². The van der Waals surface area contributed by atoms with Crippen LogP contribution in [0.25, 0.3) is 0 Å². The van der Waals surface area contributed by atoms with E-state index < -0.39 is 0 Å². The van der Waals surface area contributed by atoms with E-state index in [1.165, 1.54) is 6.42 Å². The van der Waals surface area contributed by atoms with Crippen LogP contribution in [0.2, 0.25) is 10.0 Å². The van der Waals surface area contributed by atoms with Crippen LogP contribution in [0, 0.1) is 5.92 Å². The zero-order chi connectivity index (χ0) is 10.3. The molecule has 76 valence electrons. The van der Waals surface area contributed by atoms with Crippen molar-refractivity contribution in [2.24, 2.45) is 5.92 Å². The van der Waals surface area contributed by atoms with E-state index in [0.29, 0.717) is 5.92 Å². The second-order valence-corrected chi connectivity index (χ2v) is 5.53. The first kappa shape index (κ1) is 10.8. The molecule has 0 bridgehead atoms. The molecule has 1 aliphatic rings. The van der Waals surface area contributed by atoms with E-state index in [1.807, 2.05) is 18.2 Å². The van der Waals surface area contributed by atoms with Crippen LogP contribution in [-0.2, 0) is 5.41 Å². The largest absolute Gasteiger partial charge is 0.0925 e. The summed E-state index contributed by atoms with van der Waals surface area (Å²) in [5, 5.41) is 2.61. The number of alkyl halides is 1. The monoisotopic (exact) mass is 292 g/mol. The maximum atomic E-state index is 6.18. The highest BCUT2D eigenvalue weighted by molar-refractivity contribution is 9.09. The van der Waals surface area contributed by atoms with Crippen molar-refractivity contribution in [1.82, 2.24) is 0 Å². The summed E-state index contributed by atoms with van der Waals surface area (Å²) < 4.78 is 0.